The number of carboxylic acids is 1. The monoisotopic (exact) mass is 232 g/mol. The number of sulfone groups is 1. The molecule has 1 aromatic heterocycles. The van der Waals surface area contributed by atoms with Gasteiger partial charge in [0.25, 0.3) is 0 Å². The minimum absolute atomic E-state index is 0.167. The van der Waals surface area contributed by atoms with Crippen LogP contribution in [0.4, 0.5) is 0 Å². The maximum atomic E-state index is 11.5. The fourth-order valence-electron chi connectivity index (χ4n) is 0.989. The molecule has 1 rings (SSSR count). The third-order valence-electron chi connectivity index (χ3n) is 2.01. The molecule has 1 heterocycles. The number of nitrogens with zero attached hydrogens (tertiary/aromatic N) is 1. The molecule has 0 unspecified atom stereocenters. The molecule has 0 radical (unpaired) electrons. The summed E-state index contributed by atoms with van der Waals surface area (Å²) in [7, 11) is -3.30. The van der Waals surface area contributed by atoms with Crippen LogP contribution in [0.2, 0.25) is 0 Å². The van der Waals surface area contributed by atoms with Gasteiger partial charge in [-0.3, -0.25) is 5.10 Å². The summed E-state index contributed by atoms with van der Waals surface area (Å²) in [4.78, 5) is 10.7. The lowest BCUT2D eigenvalue weighted by Gasteiger charge is -2.06. The molecule has 0 spiro atoms. The number of rotatable bonds is 4. The van der Waals surface area contributed by atoms with Crippen molar-refractivity contribution in [2.24, 2.45) is 0 Å². The van der Waals surface area contributed by atoms with Crippen molar-refractivity contribution >= 4 is 15.8 Å². The number of aromatic nitrogens is 2. The van der Waals surface area contributed by atoms with Gasteiger partial charge in [-0.05, 0) is 13.8 Å². The molecule has 0 aliphatic rings. The summed E-state index contributed by atoms with van der Waals surface area (Å²) < 4.78 is 23.1. The van der Waals surface area contributed by atoms with Crippen LogP contribution in [0.1, 0.15) is 29.9 Å². The Labute approximate surface area is 87.2 Å². The number of H-pyrrole nitrogens is 1. The molecule has 0 aromatic carbocycles. The zero-order valence-electron chi connectivity index (χ0n) is 8.39. The van der Waals surface area contributed by atoms with Crippen molar-refractivity contribution in [3.8, 4) is 0 Å². The lowest BCUT2D eigenvalue weighted by atomic mass is 10.3. The van der Waals surface area contributed by atoms with E-state index in [4.69, 9.17) is 5.11 Å². The third-order valence-corrected chi connectivity index (χ3v) is 4.16. The summed E-state index contributed by atoms with van der Waals surface area (Å²) in [5.41, 5.74) is 0.0235. The molecule has 0 amide bonds. The predicted octanol–water partition coefficient (Wildman–Crippen LogP) is 0.431. The zero-order valence-corrected chi connectivity index (χ0v) is 9.21. The molecule has 0 aliphatic heterocycles. The van der Waals surface area contributed by atoms with Crippen LogP contribution in [0.25, 0.3) is 0 Å². The summed E-state index contributed by atoms with van der Waals surface area (Å²) in [5.74, 6) is -1.51. The predicted molar refractivity (Wildman–Crippen MR) is 53.3 cm³/mol. The number of aromatic amines is 1. The molecule has 84 valence electrons. The van der Waals surface area contributed by atoms with Gasteiger partial charge in [0.15, 0.2) is 9.84 Å². The Morgan fingerprint density at radius 1 is 1.60 bits per heavy atom. The largest absolute Gasteiger partial charge is 0.477 e. The van der Waals surface area contributed by atoms with E-state index in [0.717, 1.165) is 0 Å². The SMILES string of the molecule is CC(C)S(=O)(=O)Cc1cn[nH]c1C(=O)O. The standard InChI is InChI=1S/C8H12N2O4S/c1-5(2)15(13,14)4-6-3-9-10-7(6)8(11)12/h3,5H,4H2,1-2H3,(H,9,10)(H,11,12). The van der Waals surface area contributed by atoms with Crippen LogP contribution in [-0.2, 0) is 15.6 Å². The zero-order chi connectivity index (χ0) is 11.6. The number of hydrogen-bond donors (Lipinski definition) is 2. The minimum Gasteiger partial charge on any atom is -0.477 e. The Morgan fingerprint density at radius 3 is 2.67 bits per heavy atom. The van der Waals surface area contributed by atoms with E-state index < -0.39 is 21.1 Å². The first-order chi connectivity index (χ1) is 6.84. The maximum Gasteiger partial charge on any atom is 0.354 e. The van der Waals surface area contributed by atoms with Crippen LogP contribution in [0.15, 0.2) is 6.20 Å². The van der Waals surface area contributed by atoms with Gasteiger partial charge in [0.2, 0.25) is 0 Å². The number of hydrogen-bond acceptors (Lipinski definition) is 4. The summed E-state index contributed by atoms with van der Waals surface area (Å²) in [6.45, 7) is 3.10. The normalized spacial score (nSPS) is 11.9. The quantitative estimate of drug-likeness (QED) is 0.784. The second-order valence-corrected chi connectivity index (χ2v) is 5.99. The summed E-state index contributed by atoms with van der Waals surface area (Å²) in [5, 5.41) is 14.0. The van der Waals surface area contributed by atoms with Crippen LogP contribution >= 0.6 is 0 Å². The fraction of sp³-hybridized carbons (Fsp3) is 0.500. The first-order valence-electron chi connectivity index (χ1n) is 4.31. The van der Waals surface area contributed by atoms with Crippen molar-refractivity contribution in [3.05, 3.63) is 17.5 Å². The molecule has 1 aromatic rings. The van der Waals surface area contributed by atoms with E-state index in [9.17, 15) is 13.2 Å². The Hall–Kier alpha value is -1.37. The van der Waals surface area contributed by atoms with Crippen molar-refractivity contribution < 1.29 is 18.3 Å². The van der Waals surface area contributed by atoms with Gasteiger partial charge in [0, 0.05) is 5.56 Å². The maximum absolute atomic E-state index is 11.5. The fourth-order valence-corrected chi connectivity index (χ4v) is 1.97. The van der Waals surface area contributed by atoms with Crippen LogP contribution in [0, 0.1) is 0 Å². The average molecular weight is 232 g/mol. The second kappa shape index (κ2) is 4.01. The van der Waals surface area contributed by atoms with Crippen LogP contribution < -0.4 is 0 Å². The van der Waals surface area contributed by atoms with E-state index >= 15 is 0 Å². The topological polar surface area (TPSA) is 100 Å². The lowest BCUT2D eigenvalue weighted by Crippen LogP contribution is -2.17. The van der Waals surface area contributed by atoms with E-state index in [-0.39, 0.29) is 17.0 Å². The highest BCUT2D eigenvalue weighted by Crippen LogP contribution is 2.13. The highest BCUT2D eigenvalue weighted by Gasteiger charge is 2.21. The van der Waals surface area contributed by atoms with Crippen molar-refractivity contribution in [3.63, 3.8) is 0 Å². The first-order valence-corrected chi connectivity index (χ1v) is 6.03. The van der Waals surface area contributed by atoms with Crippen molar-refractivity contribution in [2.75, 3.05) is 0 Å². The van der Waals surface area contributed by atoms with Crippen LogP contribution in [0.3, 0.4) is 0 Å². The highest BCUT2D eigenvalue weighted by atomic mass is 32.2. The summed E-state index contributed by atoms with van der Waals surface area (Å²) in [6.07, 6.45) is 1.23. The van der Waals surface area contributed by atoms with Gasteiger partial charge in [0.05, 0.1) is 17.2 Å². The Balaban J connectivity index is 3.01. The Bertz CT molecular complexity index is 461. The summed E-state index contributed by atoms with van der Waals surface area (Å²) in [6, 6.07) is 0. The molecular weight excluding hydrogens is 220 g/mol. The van der Waals surface area contributed by atoms with Crippen molar-refractivity contribution in [1.82, 2.24) is 10.2 Å². The number of carbonyl (C=O) groups is 1. The lowest BCUT2D eigenvalue weighted by molar-refractivity contribution is 0.0689. The molecule has 2 N–H and O–H groups in total. The van der Waals surface area contributed by atoms with Gasteiger partial charge < -0.3 is 5.11 Å². The third kappa shape index (κ3) is 2.56. The van der Waals surface area contributed by atoms with E-state index in [1.807, 2.05) is 0 Å². The van der Waals surface area contributed by atoms with Gasteiger partial charge in [0.1, 0.15) is 5.69 Å². The molecule has 0 aliphatic carbocycles. The molecular formula is C8H12N2O4S. The number of aromatic carboxylic acids is 1. The molecule has 0 atom stereocenters. The first kappa shape index (κ1) is 11.7. The molecule has 6 nitrogen and oxygen atoms in total. The van der Waals surface area contributed by atoms with Gasteiger partial charge in [-0.1, -0.05) is 0 Å². The number of carboxylic acid groups (broad SMARTS) is 1. The average Bonchev–Trinajstić information content (AvgIpc) is 2.51. The van der Waals surface area contributed by atoms with Gasteiger partial charge >= 0.3 is 5.97 Å². The molecule has 0 saturated carbocycles. The number of nitrogens with one attached hydrogen (secondary N) is 1. The molecule has 0 saturated heterocycles. The van der Waals surface area contributed by atoms with Gasteiger partial charge in [-0.25, -0.2) is 13.2 Å². The van der Waals surface area contributed by atoms with E-state index in [1.54, 1.807) is 13.8 Å². The smallest absolute Gasteiger partial charge is 0.354 e. The van der Waals surface area contributed by atoms with Crippen molar-refractivity contribution in [1.29, 1.82) is 0 Å². The van der Waals surface area contributed by atoms with Gasteiger partial charge in [-0.2, -0.15) is 5.10 Å². The minimum atomic E-state index is -3.30. The molecule has 15 heavy (non-hydrogen) atoms. The van der Waals surface area contributed by atoms with Gasteiger partial charge in [-0.15, -0.1) is 0 Å². The Morgan fingerprint density at radius 2 is 2.20 bits per heavy atom. The molecule has 0 bridgehead atoms. The van der Waals surface area contributed by atoms with Crippen LogP contribution in [0.5, 0.6) is 0 Å². The van der Waals surface area contributed by atoms with E-state index in [1.165, 1.54) is 6.20 Å². The van der Waals surface area contributed by atoms with Crippen molar-refractivity contribution in [2.45, 2.75) is 24.9 Å². The molecule has 0 fully saturated rings. The van der Waals surface area contributed by atoms with Crippen LogP contribution in [-0.4, -0.2) is 34.9 Å². The second-order valence-electron chi connectivity index (χ2n) is 3.43. The highest BCUT2D eigenvalue weighted by molar-refractivity contribution is 7.91. The Kier molecular flexibility index (Phi) is 3.13. The summed E-state index contributed by atoms with van der Waals surface area (Å²) >= 11 is 0. The van der Waals surface area contributed by atoms with E-state index in [0.29, 0.717) is 0 Å². The molecule has 7 heteroatoms. The van der Waals surface area contributed by atoms with E-state index in [2.05, 4.69) is 10.2 Å².